The predicted molar refractivity (Wildman–Crippen MR) is 98.4 cm³/mol. The lowest BCUT2D eigenvalue weighted by molar-refractivity contribution is 0.442. The molecule has 2 aliphatic rings. The number of nitrogen functional groups attached to an aromatic ring is 1. The molecule has 5 nitrogen and oxygen atoms in total. The fraction of sp³-hybridized carbons (Fsp3) is 0.421. The van der Waals surface area contributed by atoms with Crippen LogP contribution in [0.2, 0.25) is 0 Å². The molecule has 1 fully saturated rings. The Labute approximate surface area is 143 Å². The van der Waals surface area contributed by atoms with Crippen molar-refractivity contribution in [1.82, 2.24) is 15.0 Å². The summed E-state index contributed by atoms with van der Waals surface area (Å²) in [7, 11) is 0. The van der Waals surface area contributed by atoms with Gasteiger partial charge in [-0.2, -0.15) is 15.0 Å². The summed E-state index contributed by atoms with van der Waals surface area (Å²) < 4.78 is 0. The molecule has 0 amide bonds. The quantitative estimate of drug-likeness (QED) is 0.869. The number of rotatable bonds is 3. The summed E-state index contributed by atoms with van der Waals surface area (Å²) in [4.78, 5) is 13.3. The Morgan fingerprint density at radius 3 is 2.38 bits per heavy atom. The lowest BCUT2D eigenvalue weighted by Crippen LogP contribution is -2.13. The molecule has 126 valence electrons. The van der Waals surface area contributed by atoms with Gasteiger partial charge in [-0.15, -0.1) is 0 Å². The van der Waals surface area contributed by atoms with Crippen LogP contribution in [0.15, 0.2) is 48.2 Å². The van der Waals surface area contributed by atoms with Gasteiger partial charge in [-0.3, -0.25) is 0 Å². The molecule has 0 atom stereocenters. The summed E-state index contributed by atoms with van der Waals surface area (Å²) in [6, 6.07) is 0. The maximum absolute atomic E-state index is 5.93. The third-order valence-electron chi connectivity index (χ3n) is 4.39. The molecule has 1 aromatic rings. The van der Waals surface area contributed by atoms with Crippen LogP contribution in [0.1, 0.15) is 56.7 Å². The van der Waals surface area contributed by atoms with Crippen LogP contribution in [0.3, 0.4) is 0 Å². The first-order chi connectivity index (χ1) is 11.8. The van der Waals surface area contributed by atoms with Gasteiger partial charge in [-0.25, -0.2) is 0 Å². The molecule has 0 aromatic carbocycles. The van der Waals surface area contributed by atoms with Gasteiger partial charge in [0.15, 0.2) is 0 Å². The van der Waals surface area contributed by atoms with Crippen molar-refractivity contribution in [3.8, 4) is 0 Å². The summed E-state index contributed by atoms with van der Waals surface area (Å²) in [6.45, 7) is 0. The van der Waals surface area contributed by atoms with Crippen LogP contribution >= 0.6 is 0 Å². The number of nitrogens with zero attached hydrogens (tertiary/aromatic N) is 3. The number of nitrogens with one attached hydrogen (secondary N) is 1. The average Bonchev–Trinajstić information content (AvgIpc) is 2.49. The van der Waals surface area contributed by atoms with Gasteiger partial charge in [0.05, 0.1) is 0 Å². The third-order valence-corrected chi connectivity index (χ3v) is 4.39. The molecule has 1 aromatic heterocycles. The van der Waals surface area contributed by atoms with Crippen LogP contribution in [0.25, 0.3) is 0 Å². The van der Waals surface area contributed by atoms with E-state index in [1.54, 1.807) is 0 Å². The standard InChI is InChI=1S/C19H25N5/c20-18-22-17(15-11-7-3-1-4-8-12-15)23-19(24-18)21-16-13-9-5-2-6-10-14-16/h2,5-6,9-10,13-15H,1,3-4,7-8,11-12H2,(H3,20,21,22,23,24)/b5-2-,6-2?,9-5?,10-6-,13-9?,14-10?,16-13?,16-14?. The lowest BCUT2D eigenvalue weighted by atomic mass is 9.90. The molecule has 2 aliphatic carbocycles. The zero-order chi connectivity index (χ0) is 16.6. The van der Waals surface area contributed by atoms with Gasteiger partial charge >= 0.3 is 0 Å². The van der Waals surface area contributed by atoms with E-state index in [0.717, 1.165) is 24.4 Å². The molecule has 5 heteroatoms. The van der Waals surface area contributed by atoms with Crippen molar-refractivity contribution >= 4 is 11.9 Å². The Morgan fingerprint density at radius 2 is 1.54 bits per heavy atom. The summed E-state index contributed by atoms with van der Waals surface area (Å²) in [5.41, 5.74) is 6.85. The second-order valence-corrected chi connectivity index (χ2v) is 6.29. The molecule has 0 bridgehead atoms. The van der Waals surface area contributed by atoms with Gasteiger partial charge in [0.25, 0.3) is 0 Å². The minimum Gasteiger partial charge on any atom is -0.368 e. The monoisotopic (exact) mass is 323 g/mol. The van der Waals surface area contributed by atoms with Crippen molar-refractivity contribution in [1.29, 1.82) is 0 Å². The van der Waals surface area contributed by atoms with E-state index >= 15 is 0 Å². The molecule has 0 spiro atoms. The van der Waals surface area contributed by atoms with Gasteiger partial charge in [-0.05, 0) is 25.0 Å². The minimum absolute atomic E-state index is 0.287. The van der Waals surface area contributed by atoms with Gasteiger partial charge in [0.1, 0.15) is 5.82 Å². The highest BCUT2D eigenvalue weighted by Crippen LogP contribution is 2.29. The summed E-state index contributed by atoms with van der Waals surface area (Å²) >= 11 is 0. The highest BCUT2D eigenvalue weighted by Gasteiger charge is 2.18. The molecule has 24 heavy (non-hydrogen) atoms. The SMILES string of the molecule is Nc1nc(NC2=C/C=C\C=C/C=C2)nc(C2CCCCCCC2)n1. The lowest BCUT2D eigenvalue weighted by Gasteiger charge is -2.19. The van der Waals surface area contributed by atoms with E-state index < -0.39 is 0 Å². The first-order valence-corrected chi connectivity index (χ1v) is 8.81. The van der Waals surface area contributed by atoms with Crippen molar-refractivity contribution in [3.05, 3.63) is 54.1 Å². The Balaban J connectivity index is 1.77. The van der Waals surface area contributed by atoms with Crippen LogP contribution in [-0.2, 0) is 0 Å². The molecule has 1 heterocycles. The van der Waals surface area contributed by atoms with Crippen LogP contribution in [0, 0.1) is 0 Å². The van der Waals surface area contributed by atoms with Crippen LogP contribution in [-0.4, -0.2) is 15.0 Å². The molecule has 3 N–H and O–H groups in total. The van der Waals surface area contributed by atoms with E-state index in [4.69, 9.17) is 5.73 Å². The van der Waals surface area contributed by atoms with E-state index in [-0.39, 0.29) is 5.95 Å². The fourth-order valence-corrected chi connectivity index (χ4v) is 3.14. The Kier molecular flexibility index (Phi) is 5.77. The highest BCUT2D eigenvalue weighted by atomic mass is 15.2. The number of nitrogens with two attached hydrogens (primary N) is 1. The largest absolute Gasteiger partial charge is 0.368 e. The molecule has 3 rings (SSSR count). The molecule has 0 radical (unpaired) electrons. The van der Waals surface area contributed by atoms with Crippen molar-refractivity contribution in [2.24, 2.45) is 0 Å². The second kappa shape index (κ2) is 8.43. The van der Waals surface area contributed by atoms with E-state index in [0.29, 0.717) is 11.9 Å². The van der Waals surface area contributed by atoms with Crippen molar-refractivity contribution in [2.45, 2.75) is 50.9 Å². The molecular weight excluding hydrogens is 298 g/mol. The smallest absolute Gasteiger partial charge is 0.232 e. The Morgan fingerprint density at radius 1 is 0.833 bits per heavy atom. The van der Waals surface area contributed by atoms with Crippen LogP contribution < -0.4 is 11.1 Å². The summed E-state index contributed by atoms with van der Waals surface area (Å²) in [6.07, 6.45) is 22.6. The fourth-order valence-electron chi connectivity index (χ4n) is 3.14. The van der Waals surface area contributed by atoms with Crippen molar-refractivity contribution in [2.75, 3.05) is 11.1 Å². The van der Waals surface area contributed by atoms with Crippen LogP contribution in [0.5, 0.6) is 0 Å². The Bertz CT molecular complexity index is 664. The van der Waals surface area contributed by atoms with E-state index in [1.165, 1.54) is 32.1 Å². The molecular formula is C19H25N5. The normalized spacial score (nSPS) is 21.8. The van der Waals surface area contributed by atoms with Crippen LogP contribution in [0.4, 0.5) is 11.9 Å². The molecule has 0 saturated heterocycles. The predicted octanol–water partition coefficient (Wildman–Crippen LogP) is 4.26. The van der Waals surface area contributed by atoms with Crippen molar-refractivity contribution < 1.29 is 0 Å². The first-order valence-electron chi connectivity index (χ1n) is 8.81. The van der Waals surface area contributed by atoms with E-state index in [1.807, 2.05) is 42.5 Å². The maximum atomic E-state index is 5.93. The van der Waals surface area contributed by atoms with E-state index in [2.05, 4.69) is 20.3 Å². The minimum atomic E-state index is 0.287. The number of hydrogen-bond donors (Lipinski definition) is 2. The van der Waals surface area contributed by atoms with Crippen molar-refractivity contribution in [3.63, 3.8) is 0 Å². The van der Waals surface area contributed by atoms with Gasteiger partial charge in [0, 0.05) is 11.6 Å². The number of aromatic nitrogens is 3. The third kappa shape index (κ3) is 4.78. The summed E-state index contributed by atoms with van der Waals surface area (Å²) in [5.74, 6) is 2.03. The zero-order valence-electron chi connectivity index (χ0n) is 14.0. The molecule has 0 aliphatic heterocycles. The van der Waals surface area contributed by atoms with E-state index in [9.17, 15) is 0 Å². The molecule has 1 saturated carbocycles. The van der Waals surface area contributed by atoms with Gasteiger partial charge < -0.3 is 11.1 Å². The average molecular weight is 323 g/mol. The number of hydrogen-bond acceptors (Lipinski definition) is 5. The zero-order valence-corrected chi connectivity index (χ0v) is 14.0. The van der Waals surface area contributed by atoms with Gasteiger partial charge in [0.2, 0.25) is 11.9 Å². The highest BCUT2D eigenvalue weighted by molar-refractivity contribution is 5.45. The Hall–Kier alpha value is -2.43. The number of anilines is 2. The molecule has 0 unspecified atom stereocenters. The second-order valence-electron chi connectivity index (χ2n) is 6.29. The number of allylic oxidation sites excluding steroid dienone is 7. The first kappa shape index (κ1) is 16.4. The summed E-state index contributed by atoms with van der Waals surface area (Å²) in [5, 5.41) is 3.24. The van der Waals surface area contributed by atoms with Gasteiger partial charge in [-0.1, -0.05) is 62.5 Å². The maximum Gasteiger partial charge on any atom is 0.232 e. The topological polar surface area (TPSA) is 76.7 Å².